The van der Waals surface area contributed by atoms with Gasteiger partial charge in [0.1, 0.15) is 0 Å². The lowest BCUT2D eigenvalue weighted by atomic mass is 10.1. The van der Waals surface area contributed by atoms with Crippen molar-refractivity contribution in [1.82, 2.24) is 0 Å². The minimum absolute atomic E-state index is 0.0873. The SMILES string of the molecule is CC(=O)c1cccc(NC(=O)COC(=O)Cc2ccccc2C)c1. The summed E-state index contributed by atoms with van der Waals surface area (Å²) in [4.78, 5) is 35.0. The summed E-state index contributed by atoms with van der Waals surface area (Å²) in [5.74, 6) is -0.999. The molecule has 0 fully saturated rings. The molecule has 2 rings (SSSR count). The van der Waals surface area contributed by atoms with Gasteiger partial charge in [-0.1, -0.05) is 36.4 Å². The van der Waals surface area contributed by atoms with Gasteiger partial charge in [0.25, 0.3) is 5.91 Å². The molecule has 0 spiro atoms. The number of ketones is 1. The zero-order valence-corrected chi connectivity index (χ0v) is 13.7. The van der Waals surface area contributed by atoms with Gasteiger partial charge in [-0.15, -0.1) is 0 Å². The van der Waals surface area contributed by atoms with Gasteiger partial charge in [-0.05, 0) is 37.1 Å². The molecule has 2 aromatic carbocycles. The van der Waals surface area contributed by atoms with Crippen LogP contribution in [-0.2, 0) is 20.7 Å². The molecule has 5 heteroatoms. The number of ether oxygens (including phenoxy) is 1. The number of anilines is 1. The quantitative estimate of drug-likeness (QED) is 0.655. The van der Waals surface area contributed by atoms with E-state index in [2.05, 4.69) is 5.32 Å². The zero-order valence-electron chi connectivity index (χ0n) is 13.7. The fourth-order valence-electron chi connectivity index (χ4n) is 2.17. The normalized spacial score (nSPS) is 10.1. The molecule has 5 nitrogen and oxygen atoms in total. The van der Waals surface area contributed by atoms with E-state index in [1.807, 2.05) is 31.2 Å². The van der Waals surface area contributed by atoms with Crippen LogP contribution in [0.4, 0.5) is 5.69 Å². The monoisotopic (exact) mass is 325 g/mol. The van der Waals surface area contributed by atoms with Crippen LogP contribution >= 0.6 is 0 Å². The highest BCUT2D eigenvalue weighted by atomic mass is 16.5. The van der Waals surface area contributed by atoms with Crippen molar-refractivity contribution in [3.63, 3.8) is 0 Å². The highest BCUT2D eigenvalue weighted by Gasteiger charge is 2.10. The molecule has 124 valence electrons. The number of Topliss-reactive ketones (excluding diaryl/α,β-unsaturated/α-hetero) is 1. The third-order valence-electron chi connectivity index (χ3n) is 3.51. The number of benzene rings is 2. The third-order valence-corrected chi connectivity index (χ3v) is 3.51. The van der Waals surface area contributed by atoms with E-state index in [1.54, 1.807) is 24.3 Å². The molecule has 0 bridgehead atoms. The van der Waals surface area contributed by atoms with E-state index in [9.17, 15) is 14.4 Å². The molecule has 0 radical (unpaired) electrons. The molecular weight excluding hydrogens is 306 g/mol. The number of rotatable bonds is 6. The predicted octanol–water partition coefficient (Wildman–Crippen LogP) is 2.92. The summed E-state index contributed by atoms with van der Waals surface area (Å²) in [6, 6.07) is 14.1. The second kappa shape index (κ2) is 8.06. The zero-order chi connectivity index (χ0) is 17.5. The molecular formula is C19H19NO4. The van der Waals surface area contributed by atoms with E-state index in [1.165, 1.54) is 6.92 Å². The van der Waals surface area contributed by atoms with Gasteiger partial charge in [-0.2, -0.15) is 0 Å². The Morgan fingerprint density at radius 3 is 2.50 bits per heavy atom. The molecule has 24 heavy (non-hydrogen) atoms. The first-order valence-electron chi connectivity index (χ1n) is 7.56. The van der Waals surface area contributed by atoms with Gasteiger partial charge >= 0.3 is 5.97 Å². The highest BCUT2D eigenvalue weighted by Crippen LogP contribution is 2.11. The first-order chi connectivity index (χ1) is 11.5. The van der Waals surface area contributed by atoms with E-state index >= 15 is 0 Å². The highest BCUT2D eigenvalue weighted by molar-refractivity contribution is 5.97. The average molecular weight is 325 g/mol. The standard InChI is InChI=1S/C19H19NO4/c1-13-6-3-4-7-15(13)11-19(23)24-12-18(22)20-17-9-5-8-16(10-17)14(2)21/h3-10H,11-12H2,1-2H3,(H,20,22). The van der Waals surface area contributed by atoms with Crippen LogP contribution in [0.15, 0.2) is 48.5 Å². The summed E-state index contributed by atoms with van der Waals surface area (Å²) in [5, 5.41) is 2.60. The Morgan fingerprint density at radius 1 is 1.04 bits per heavy atom. The lowest BCUT2D eigenvalue weighted by Gasteiger charge is -2.08. The van der Waals surface area contributed by atoms with E-state index in [0.717, 1.165) is 11.1 Å². The molecule has 1 N–H and O–H groups in total. The van der Waals surface area contributed by atoms with Crippen LogP contribution in [0.5, 0.6) is 0 Å². The number of esters is 1. The second-order valence-corrected chi connectivity index (χ2v) is 5.45. The first kappa shape index (κ1) is 17.4. The number of hydrogen-bond acceptors (Lipinski definition) is 4. The van der Waals surface area contributed by atoms with Crippen molar-refractivity contribution in [1.29, 1.82) is 0 Å². The maximum Gasteiger partial charge on any atom is 0.310 e. The number of amides is 1. The maximum absolute atomic E-state index is 11.8. The number of nitrogens with one attached hydrogen (secondary N) is 1. The summed E-state index contributed by atoms with van der Waals surface area (Å²) in [6.45, 7) is 3.00. The van der Waals surface area contributed by atoms with Crippen LogP contribution < -0.4 is 5.32 Å². The number of hydrogen-bond donors (Lipinski definition) is 1. The summed E-state index contributed by atoms with van der Waals surface area (Å²) >= 11 is 0. The van der Waals surface area contributed by atoms with Gasteiger partial charge < -0.3 is 10.1 Å². The number of aryl methyl sites for hydroxylation is 1. The minimum atomic E-state index is -0.461. The van der Waals surface area contributed by atoms with E-state index < -0.39 is 11.9 Å². The van der Waals surface area contributed by atoms with Crippen LogP contribution in [0, 0.1) is 6.92 Å². The molecule has 0 unspecified atom stereocenters. The Kier molecular flexibility index (Phi) is 5.84. The fraction of sp³-hybridized carbons (Fsp3) is 0.211. The minimum Gasteiger partial charge on any atom is -0.455 e. The summed E-state index contributed by atoms with van der Waals surface area (Å²) in [5.41, 5.74) is 2.86. The van der Waals surface area contributed by atoms with Crippen molar-refractivity contribution < 1.29 is 19.1 Å². The summed E-state index contributed by atoms with van der Waals surface area (Å²) in [6.07, 6.45) is 0.125. The van der Waals surface area contributed by atoms with Crippen molar-refractivity contribution in [2.75, 3.05) is 11.9 Å². The van der Waals surface area contributed by atoms with Crippen molar-refractivity contribution in [3.05, 3.63) is 65.2 Å². The molecule has 0 aliphatic rings. The van der Waals surface area contributed by atoms with Gasteiger partial charge in [0.2, 0.25) is 0 Å². The summed E-state index contributed by atoms with van der Waals surface area (Å²) in [7, 11) is 0. The molecule has 1 amide bonds. The summed E-state index contributed by atoms with van der Waals surface area (Å²) < 4.78 is 4.99. The molecule has 0 aliphatic carbocycles. The molecule has 0 aliphatic heterocycles. The predicted molar refractivity (Wildman–Crippen MR) is 90.9 cm³/mol. The van der Waals surface area contributed by atoms with Gasteiger partial charge in [0, 0.05) is 11.3 Å². The lowest BCUT2D eigenvalue weighted by molar-refractivity contribution is -0.146. The second-order valence-electron chi connectivity index (χ2n) is 5.45. The lowest BCUT2D eigenvalue weighted by Crippen LogP contribution is -2.21. The van der Waals surface area contributed by atoms with E-state index in [4.69, 9.17) is 4.74 Å². The maximum atomic E-state index is 11.8. The van der Waals surface area contributed by atoms with Crippen LogP contribution in [0.1, 0.15) is 28.4 Å². The molecule has 2 aromatic rings. The van der Waals surface area contributed by atoms with Crippen LogP contribution in [0.3, 0.4) is 0 Å². The number of carbonyl (C=O) groups is 3. The molecule has 0 aromatic heterocycles. The topological polar surface area (TPSA) is 72.5 Å². The molecule has 0 saturated heterocycles. The van der Waals surface area contributed by atoms with Crippen molar-refractivity contribution in [2.45, 2.75) is 20.3 Å². The van der Waals surface area contributed by atoms with Gasteiger partial charge in [-0.3, -0.25) is 14.4 Å². The Balaban J connectivity index is 1.85. The molecule has 0 heterocycles. The van der Waals surface area contributed by atoms with Gasteiger partial charge in [-0.25, -0.2) is 0 Å². The largest absolute Gasteiger partial charge is 0.455 e. The van der Waals surface area contributed by atoms with E-state index in [-0.39, 0.29) is 18.8 Å². The Hall–Kier alpha value is -2.95. The Labute approximate surface area is 140 Å². The first-order valence-corrected chi connectivity index (χ1v) is 7.56. The average Bonchev–Trinajstić information content (AvgIpc) is 2.55. The van der Waals surface area contributed by atoms with Crippen LogP contribution in [-0.4, -0.2) is 24.3 Å². The van der Waals surface area contributed by atoms with Crippen LogP contribution in [0.25, 0.3) is 0 Å². The molecule has 0 atom stereocenters. The number of carbonyl (C=O) groups excluding carboxylic acids is 3. The Bertz CT molecular complexity index is 767. The Morgan fingerprint density at radius 2 is 1.79 bits per heavy atom. The van der Waals surface area contributed by atoms with Gasteiger partial charge in [0.05, 0.1) is 6.42 Å². The molecule has 0 saturated carbocycles. The smallest absolute Gasteiger partial charge is 0.310 e. The van der Waals surface area contributed by atoms with Crippen molar-refractivity contribution >= 4 is 23.3 Å². The third kappa shape index (κ3) is 5.05. The van der Waals surface area contributed by atoms with Gasteiger partial charge in [0.15, 0.2) is 12.4 Å². The fourth-order valence-corrected chi connectivity index (χ4v) is 2.17. The van der Waals surface area contributed by atoms with E-state index in [0.29, 0.717) is 11.3 Å². The van der Waals surface area contributed by atoms with Crippen LogP contribution in [0.2, 0.25) is 0 Å². The van der Waals surface area contributed by atoms with Crippen molar-refractivity contribution in [2.24, 2.45) is 0 Å². The van der Waals surface area contributed by atoms with Crippen molar-refractivity contribution in [3.8, 4) is 0 Å².